The van der Waals surface area contributed by atoms with Crippen molar-refractivity contribution in [3.05, 3.63) is 0 Å². The molecule has 0 heterocycles. The molecular weight excluding hydrogens is 337 g/mol. The van der Waals surface area contributed by atoms with E-state index < -0.39 is 5.60 Å². The van der Waals surface area contributed by atoms with Crippen LogP contribution >= 0.6 is 0 Å². The molecular formula is C10H17HgO. The Kier molecular flexibility index (Phi) is 7.18. The summed E-state index contributed by atoms with van der Waals surface area (Å²) in [5.41, 5.74) is -0.713. The van der Waals surface area contributed by atoms with Gasteiger partial charge < -0.3 is 0 Å². The zero-order chi connectivity index (χ0) is 9.45. The Balaban J connectivity index is 3.52. The molecule has 0 saturated carbocycles. The van der Waals surface area contributed by atoms with Gasteiger partial charge in [0.15, 0.2) is 0 Å². The van der Waals surface area contributed by atoms with E-state index in [0.29, 0.717) is 26.1 Å². The molecule has 0 saturated heterocycles. The van der Waals surface area contributed by atoms with Gasteiger partial charge in [0.05, 0.1) is 0 Å². The number of unbranched alkanes of at least 4 members (excludes halogenated alkanes) is 3. The van der Waals surface area contributed by atoms with Crippen molar-refractivity contribution in [1.82, 2.24) is 0 Å². The predicted molar refractivity (Wildman–Crippen MR) is 47.2 cm³/mol. The standard InChI is InChI=1S/C10H17O.Hg/c1-4-6-7-8-9-10(3,11)5-2;/h11H,4,6-9H2,1,3H3;. The van der Waals surface area contributed by atoms with Crippen molar-refractivity contribution in [1.29, 1.82) is 0 Å². The van der Waals surface area contributed by atoms with Gasteiger partial charge in [0.25, 0.3) is 0 Å². The van der Waals surface area contributed by atoms with Crippen molar-refractivity contribution in [2.75, 3.05) is 0 Å². The molecule has 0 aromatic carbocycles. The van der Waals surface area contributed by atoms with Gasteiger partial charge >= 0.3 is 92.1 Å². The molecule has 0 radical (unpaired) electrons. The Morgan fingerprint density at radius 3 is 2.50 bits per heavy atom. The Bertz CT molecular complexity index is 164. The molecule has 0 rings (SSSR count). The number of hydrogen-bond acceptors (Lipinski definition) is 1. The molecule has 0 aliphatic heterocycles. The van der Waals surface area contributed by atoms with Gasteiger partial charge in [-0.05, 0) is 0 Å². The zero-order valence-electron chi connectivity index (χ0n) is 8.19. The monoisotopic (exact) mass is 355 g/mol. The molecule has 0 aromatic rings. The van der Waals surface area contributed by atoms with E-state index in [1.54, 1.807) is 0 Å². The fourth-order valence-corrected chi connectivity index (χ4v) is 2.63. The molecule has 0 fully saturated rings. The fourth-order valence-electron chi connectivity index (χ4n) is 1.15. The molecule has 1 N–H and O–H groups in total. The Morgan fingerprint density at radius 2 is 2.00 bits per heavy atom. The molecule has 12 heavy (non-hydrogen) atoms. The topological polar surface area (TPSA) is 20.2 Å². The third-order valence-electron chi connectivity index (χ3n) is 1.87. The van der Waals surface area contributed by atoms with Crippen LogP contribution in [0.25, 0.3) is 0 Å². The zero-order valence-corrected chi connectivity index (χ0v) is 13.7. The summed E-state index contributed by atoms with van der Waals surface area (Å²) in [6.07, 6.45) is 5.67. The molecule has 1 nitrogen and oxygen atoms in total. The summed E-state index contributed by atoms with van der Waals surface area (Å²) >= 11 is 0.497. The molecule has 1 unspecified atom stereocenters. The number of hydrogen-bond donors (Lipinski definition) is 1. The molecule has 0 amide bonds. The molecule has 65 valence electrons. The maximum absolute atomic E-state index is 9.67. The van der Waals surface area contributed by atoms with Gasteiger partial charge in [-0.2, -0.15) is 0 Å². The maximum atomic E-state index is 9.67. The van der Waals surface area contributed by atoms with Crippen LogP contribution in [-0.4, -0.2) is 10.7 Å². The third kappa shape index (κ3) is 7.12. The van der Waals surface area contributed by atoms with Crippen LogP contribution in [0, 0.1) is 9.35 Å². The Labute approximate surface area is 91.9 Å². The summed E-state index contributed by atoms with van der Waals surface area (Å²) in [7, 11) is 0. The van der Waals surface area contributed by atoms with Crippen molar-refractivity contribution >= 4 is 0 Å². The number of aliphatic hydroxyl groups is 1. The Morgan fingerprint density at radius 1 is 1.33 bits per heavy atom. The van der Waals surface area contributed by atoms with Gasteiger partial charge in [0.1, 0.15) is 0 Å². The average Bonchev–Trinajstić information content (AvgIpc) is 1.98. The molecule has 0 aliphatic rings. The van der Waals surface area contributed by atoms with E-state index in [1.807, 2.05) is 6.92 Å². The van der Waals surface area contributed by atoms with Crippen molar-refractivity contribution in [3.8, 4) is 9.35 Å². The third-order valence-corrected chi connectivity index (χ3v) is 2.56. The second kappa shape index (κ2) is 6.92. The second-order valence-electron chi connectivity index (χ2n) is 3.39. The average molecular weight is 354 g/mol. The minimum atomic E-state index is -0.713. The van der Waals surface area contributed by atoms with Gasteiger partial charge in [-0.15, -0.1) is 0 Å². The Hall–Kier alpha value is 0.455. The first-order chi connectivity index (χ1) is 5.62. The van der Waals surface area contributed by atoms with Crippen LogP contribution in [0.3, 0.4) is 0 Å². The van der Waals surface area contributed by atoms with Crippen molar-refractivity contribution in [2.24, 2.45) is 0 Å². The van der Waals surface area contributed by atoms with Crippen molar-refractivity contribution in [2.45, 2.75) is 51.6 Å². The predicted octanol–water partition coefficient (Wildman–Crippen LogP) is 2.22. The van der Waals surface area contributed by atoms with Crippen LogP contribution in [0.5, 0.6) is 0 Å². The van der Waals surface area contributed by atoms with Crippen molar-refractivity contribution in [3.63, 3.8) is 0 Å². The van der Waals surface area contributed by atoms with Gasteiger partial charge in [0, 0.05) is 0 Å². The van der Waals surface area contributed by atoms with E-state index in [0.717, 1.165) is 12.8 Å². The van der Waals surface area contributed by atoms with E-state index in [1.165, 1.54) is 19.3 Å². The summed E-state index contributed by atoms with van der Waals surface area (Å²) in [6, 6.07) is 0. The van der Waals surface area contributed by atoms with E-state index in [2.05, 4.69) is 16.3 Å². The normalized spacial score (nSPS) is 14.8. The molecule has 0 aromatic heterocycles. The van der Waals surface area contributed by atoms with E-state index in [9.17, 15) is 5.11 Å². The van der Waals surface area contributed by atoms with Gasteiger partial charge in [-0.1, -0.05) is 0 Å². The fraction of sp³-hybridized carbons (Fsp3) is 0.800. The van der Waals surface area contributed by atoms with Crippen LogP contribution in [0.2, 0.25) is 0 Å². The summed E-state index contributed by atoms with van der Waals surface area (Å²) in [5.74, 6) is 2.89. The minimum absolute atomic E-state index is 0.497. The van der Waals surface area contributed by atoms with Gasteiger partial charge in [0.2, 0.25) is 0 Å². The first kappa shape index (κ1) is 12.5. The summed E-state index contributed by atoms with van der Waals surface area (Å²) in [4.78, 5) is 0. The van der Waals surface area contributed by atoms with Crippen LogP contribution in [-0.2, 0) is 26.1 Å². The molecule has 1 atom stereocenters. The molecule has 2 heteroatoms. The van der Waals surface area contributed by atoms with Crippen LogP contribution < -0.4 is 0 Å². The number of rotatable bonds is 5. The molecule has 0 bridgehead atoms. The van der Waals surface area contributed by atoms with Crippen LogP contribution in [0.15, 0.2) is 0 Å². The van der Waals surface area contributed by atoms with Gasteiger partial charge in [-0.25, -0.2) is 0 Å². The van der Waals surface area contributed by atoms with Crippen molar-refractivity contribution < 1.29 is 31.2 Å². The first-order valence-electron chi connectivity index (χ1n) is 4.64. The van der Waals surface area contributed by atoms with Gasteiger partial charge in [-0.3, -0.25) is 0 Å². The SMILES string of the molecule is CCCCCCC(C)(O)C#[C][Hg]. The molecule has 0 aliphatic carbocycles. The second-order valence-corrected chi connectivity index (χ2v) is 4.76. The van der Waals surface area contributed by atoms with Crippen LogP contribution in [0.4, 0.5) is 0 Å². The quantitative estimate of drug-likeness (QED) is 0.456. The summed E-state index contributed by atoms with van der Waals surface area (Å²) in [5, 5.41) is 9.67. The van der Waals surface area contributed by atoms with Crippen LogP contribution in [0.1, 0.15) is 46.0 Å². The molecule has 0 spiro atoms. The summed E-state index contributed by atoms with van der Waals surface area (Å²) in [6.45, 7) is 4.01. The van der Waals surface area contributed by atoms with E-state index >= 15 is 0 Å². The first-order valence-corrected chi connectivity index (χ1v) is 7.39. The van der Waals surface area contributed by atoms with E-state index in [4.69, 9.17) is 0 Å². The van der Waals surface area contributed by atoms with E-state index in [-0.39, 0.29) is 0 Å². The summed E-state index contributed by atoms with van der Waals surface area (Å²) < 4.78 is 2.94.